The highest BCUT2D eigenvalue weighted by Crippen LogP contribution is 2.27. The molecule has 31 heavy (non-hydrogen) atoms. The Labute approximate surface area is 190 Å². The van der Waals surface area contributed by atoms with Crippen molar-refractivity contribution in [3.63, 3.8) is 0 Å². The number of hydrogen-bond acceptors (Lipinski definition) is 4. The van der Waals surface area contributed by atoms with Crippen molar-refractivity contribution in [1.29, 1.82) is 0 Å². The summed E-state index contributed by atoms with van der Waals surface area (Å²) in [5.41, 5.74) is 1.80. The van der Waals surface area contributed by atoms with E-state index in [1.165, 1.54) is 30.0 Å². The molecule has 162 valence electrons. The van der Waals surface area contributed by atoms with Crippen LogP contribution in [0.15, 0.2) is 76.5 Å². The number of hydrogen-bond donors (Lipinski definition) is 2. The molecule has 1 amide bonds. The predicted molar refractivity (Wildman–Crippen MR) is 124 cm³/mol. The summed E-state index contributed by atoms with van der Waals surface area (Å²) in [5, 5.41) is 2.18. The number of anilines is 2. The van der Waals surface area contributed by atoms with E-state index in [4.69, 9.17) is 11.6 Å². The summed E-state index contributed by atoms with van der Waals surface area (Å²) in [6, 6.07) is 17.3. The van der Waals surface area contributed by atoms with Crippen LogP contribution >= 0.6 is 23.4 Å². The van der Waals surface area contributed by atoms with E-state index in [2.05, 4.69) is 10.0 Å². The average molecular weight is 479 g/mol. The molecule has 0 saturated carbocycles. The van der Waals surface area contributed by atoms with Crippen LogP contribution < -0.4 is 10.0 Å². The van der Waals surface area contributed by atoms with E-state index < -0.39 is 21.1 Å². The lowest BCUT2D eigenvalue weighted by molar-refractivity contribution is -0.115. The number of amides is 1. The van der Waals surface area contributed by atoms with Gasteiger partial charge in [0, 0.05) is 16.3 Å². The fourth-order valence-corrected chi connectivity index (χ4v) is 4.72. The van der Waals surface area contributed by atoms with Crippen LogP contribution in [0.3, 0.4) is 0 Å². The van der Waals surface area contributed by atoms with Gasteiger partial charge in [0.25, 0.3) is 10.0 Å². The van der Waals surface area contributed by atoms with Gasteiger partial charge in [0.05, 0.1) is 15.2 Å². The van der Waals surface area contributed by atoms with Gasteiger partial charge < -0.3 is 5.32 Å². The van der Waals surface area contributed by atoms with E-state index in [1.54, 1.807) is 55.5 Å². The molecule has 0 radical (unpaired) electrons. The maximum Gasteiger partial charge on any atom is 0.261 e. The lowest BCUT2D eigenvalue weighted by Gasteiger charge is -2.13. The summed E-state index contributed by atoms with van der Waals surface area (Å²) in [4.78, 5) is 13.4. The van der Waals surface area contributed by atoms with E-state index >= 15 is 0 Å². The molecule has 3 aromatic carbocycles. The van der Waals surface area contributed by atoms with E-state index in [-0.39, 0.29) is 15.8 Å². The predicted octanol–water partition coefficient (Wildman–Crippen LogP) is 5.71. The Balaban J connectivity index is 1.61. The molecule has 1 unspecified atom stereocenters. The standard InChI is InChI=1S/C22H20ClFN2O3S2/c1-14-3-10-19(11-4-14)31(28,29)26-16-5-8-18(9-6-16)30-15(2)22(27)25-17-7-12-21(24)20(23)13-17/h3-13,15,26H,1-2H3,(H,25,27). The lowest BCUT2D eigenvalue weighted by atomic mass is 10.2. The van der Waals surface area contributed by atoms with Crippen LogP contribution in [0, 0.1) is 12.7 Å². The van der Waals surface area contributed by atoms with E-state index in [1.807, 2.05) is 6.92 Å². The monoisotopic (exact) mass is 478 g/mol. The molecule has 3 rings (SSSR count). The Kier molecular flexibility index (Phi) is 7.25. The Morgan fingerprint density at radius 3 is 2.23 bits per heavy atom. The minimum absolute atomic E-state index is 0.0678. The van der Waals surface area contributed by atoms with E-state index in [0.717, 1.165) is 10.5 Å². The van der Waals surface area contributed by atoms with Crippen molar-refractivity contribution in [3.05, 3.63) is 83.1 Å². The van der Waals surface area contributed by atoms with Gasteiger partial charge in [-0.3, -0.25) is 9.52 Å². The molecule has 1 atom stereocenters. The number of sulfonamides is 1. The van der Waals surface area contributed by atoms with Gasteiger partial charge in [-0.05, 0) is 68.4 Å². The molecule has 0 spiro atoms. The number of carbonyl (C=O) groups excluding carboxylic acids is 1. The van der Waals surface area contributed by atoms with Gasteiger partial charge in [-0.2, -0.15) is 0 Å². The first-order valence-corrected chi connectivity index (χ1v) is 12.0. The molecular formula is C22H20ClFN2O3S2. The van der Waals surface area contributed by atoms with Crippen LogP contribution in [0.1, 0.15) is 12.5 Å². The third-order valence-corrected chi connectivity index (χ3v) is 7.11. The molecule has 0 bridgehead atoms. The second kappa shape index (κ2) is 9.72. The first kappa shape index (κ1) is 23.1. The SMILES string of the molecule is Cc1ccc(S(=O)(=O)Nc2ccc(SC(C)C(=O)Nc3ccc(F)c(Cl)c3)cc2)cc1. The highest BCUT2D eigenvalue weighted by molar-refractivity contribution is 8.00. The van der Waals surface area contributed by atoms with Crippen molar-refractivity contribution in [2.75, 3.05) is 10.0 Å². The van der Waals surface area contributed by atoms with Gasteiger partial charge in [0.1, 0.15) is 5.82 Å². The van der Waals surface area contributed by atoms with Gasteiger partial charge in [-0.25, -0.2) is 12.8 Å². The van der Waals surface area contributed by atoms with Crippen molar-refractivity contribution in [2.24, 2.45) is 0 Å². The largest absolute Gasteiger partial charge is 0.325 e. The van der Waals surface area contributed by atoms with Gasteiger partial charge in [-0.1, -0.05) is 29.3 Å². The molecule has 0 fully saturated rings. The fraction of sp³-hybridized carbons (Fsp3) is 0.136. The normalized spacial score (nSPS) is 12.3. The van der Waals surface area contributed by atoms with Crippen LogP contribution in [-0.4, -0.2) is 19.6 Å². The minimum atomic E-state index is -3.68. The van der Waals surface area contributed by atoms with E-state index in [9.17, 15) is 17.6 Å². The summed E-state index contributed by atoms with van der Waals surface area (Å²) in [7, 11) is -3.68. The van der Waals surface area contributed by atoms with E-state index in [0.29, 0.717) is 11.4 Å². The van der Waals surface area contributed by atoms with Gasteiger partial charge in [0.15, 0.2) is 0 Å². The number of benzene rings is 3. The Morgan fingerprint density at radius 2 is 1.61 bits per heavy atom. The van der Waals surface area contributed by atoms with Crippen molar-refractivity contribution in [3.8, 4) is 0 Å². The van der Waals surface area contributed by atoms with Crippen molar-refractivity contribution >= 4 is 50.7 Å². The summed E-state index contributed by atoms with van der Waals surface area (Å²) in [6.07, 6.45) is 0. The first-order valence-electron chi connectivity index (χ1n) is 9.26. The molecule has 0 saturated heterocycles. The van der Waals surface area contributed by atoms with Crippen molar-refractivity contribution in [1.82, 2.24) is 0 Å². The van der Waals surface area contributed by atoms with Crippen LogP contribution in [0.4, 0.5) is 15.8 Å². The highest BCUT2D eigenvalue weighted by Gasteiger charge is 2.17. The Morgan fingerprint density at radius 1 is 1.00 bits per heavy atom. The number of nitrogens with one attached hydrogen (secondary N) is 2. The molecule has 0 aliphatic heterocycles. The summed E-state index contributed by atoms with van der Waals surface area (Å²) >= 11 is 7.04. The molecule has 2 N–H and O–H groups in total. The topological polar surface area (TPSA) is 75.3 Å². The van der Waals surface area contributed by atoms with Crippen molar-refractivity contribution < 1.29 is 17.6 Å². The van der Waals surface area contributed by atoms with Gasteiger partial charge in [-0.15, -0.1) is 11.8 Å². The quantitative estimate of drug-likeness (QED) is 0.426. The van der Waals surface area contributed by atoms with Crippen LogP contribution in [0.2, 0.25) is 5.02 Å². The summed E-state index contributed by atoms with van der Waals surface area (Å²) in [5.74, 6) is -0.822. The second-order valence-electron chi connectivity index (χ2n) is 6.82. The number of aryl methyl sites for hydroxylation is 1. The van der Waals surface area contributed by atoms with Gasteiger partial charge >= 0.3 is 0 Å². The second-order valence-corrected chi connectivity index (χ2v) is 10.3. The molecule has 9 heteroatoms. The smallest absolute Gasteiger partial charge is 0.261 e. The molecule has 0 aliphatic rings. The average Bonchev–Trinajstić information content (AvgIpc) is 2.72. The third-order valence-electron chi connectivity index (χ3n) is 4.31. The van der Waals surface area contributed by atoms with Crippen LogP contribution in [-0.2, 0) is 14.8 Å². The zero-order chi connectivity index (χ0) is 22.6. The summed E-state index contributed by atoms with van der Waals surface area (Å²) in [6.45, 7) is 3.62. The maximum absolute atomic E-state index is 13.2. The molecule has 0 heterocycles. The zero-order valence-corrected chi connectivity index (χ0v) is 19.1. The molecule has 0 aliphatic carbocycles. The van der Waals surface area contributed by atoms with Crippen molar-refractivity contribution in [2.45, 2.75) is 28.9 Å². The highest BCUT2D eigenvalue weighted by atomic mass is 35.5. The first-order chi connectivity index (χ1) is 14.6. The Hall–Kier alpha value is -2.55. The molecule has 0 aromatic heterocycles. The molecule has 3 aromatic rings. The molecule has 5 nitrogen and oxygen atoms in total. The minimum Gasteiger partial charge on any atom is -0.325 e. The third kappa shape index (κ3) is 6.22. The number of carbonyl (C=O) groups is 1. The molecular weight excluding hydrogens is 459 g/mol. The maximum atomic E-state index is 13.2. The number of halogens is 2. The Bertz CT molecular complexity index is 1180. The summed E-state index contributed by atoms with van der Waals surface area (Å²) < 4.78 is 40.7. The fourth-order valence-electron chi connectivity index (χ4n) is 2.61. The zero-order valence-electron chi connectivity index (χ0n) is 16.7. The number of thioether (sulfide) groups is 1. The number of rotatable bonds is 7. The lowest BCUT2D eigenvalue weighted by Crippen LogP contribution is -2.22. The van der Waals surface area contributed by atoms with Crippen LogP contribution in [0.5, 0.6) is 0 Å². The van der Waals surface area contributed by atoms with Crippen LogP contribution in [0.25, 0.3) is 0 Å². The van der Waals surface area contributed by atoms with Gasteiger partial charge in [0.2, 0.25) is 5.91 Å².